The van der Waals surface area contributed by atoms with Crippen LogP contribution < -0.4 is 11.1 Å². The number of nitrogens with two attached hydrogens (primary N) is 1. The van der Waals surface area contributed by atoms with E-state index >= 15 is 0 Å². The van der Waals surface area contributed by atoms with Crippen molar-refractivity contribution in [2.24, 2.45) is 5.73 Å². The lowest BCUT2D eigenvalue weighted by atomic mass is 10.2. The Balaban J connectivity index is 2.21. The molecule has 1 aromatic carbocycles. The first-order valence-corrected chi connectivity index (χ1v) is 6.14. The van der Waals surface area contributed by atoms with Gasteiger partial charge in [-0.15, -0.1) is 0 Å². The van der Waals surface area contributed by atoms with Crippen molar-refractivity contribution in [1.29, 1.82) is 0 Å². The number of halogens is 1. The van der Waals surface area contributed by atoms with Crippen LogP contribution in [0.3, 0.4) is 0 Å². The molecule has 2 rings (SSSR count). The first-order chi connectivity index (χ1) is 8.56. The molecule has 0 saturated heterocycles. The minimum absolute atomic E-state index is 0.434. The summed E-state index contributed by atoms with van der Waals surface area (Å²) in [6, 6.07) is 8.90. The van der Waals surface area contributed by atoms with Gasteiger partial charge in [-0.3, -0.25) is 4.79 Å². The molecule has 1 aromatic heterocycles. The smallest absolute Gasteiger partial charge is 0.248 e. The maximum atomic E-state index is 10.9. The fraction of sp³-hybridized carbons (Fsp3) is 0.0769. The van der Waals surface area contributed by atoms with Gasteiger partial charge in [0, 0.05) is 17.4 Å². The molecule has 4 nitrogen and oxygen atoms in total. The summed E-state index contributed by atoms with van der Waals surface area (Å²) in [4.78, 5) is 15.2. The first-order valence-electron chi connectivity index (χ1n) is 5.35. The van der Waals surface area contributed by atoms with E-state index in [-0.39, 0.29) is 0 Å². The van der Waals surface area contributed by atoms with E-state index in [1.807, 2.05) is 13.0 Å². The van der Waals surface area contributed by atoms with Crippen LogP contribution in [0.5, 0.6) is 0 Å². The van der Waals surface area contributed by atoms with Crippen LogP contribution in [0.4, 0.5) is 11.5 Å². The number of carbonyl (C=O) groups is 1. The molecule has 1 amide bonds. The van der Waals surface area contributed by atoms with E-state index in [0.29, 0.717) is 5.56 Å². The molecule has 0 aliphatic heterocycles. The molecule has 0 saturated carbocycles. The van der Waals surface area contributed by atoms with E-state index in [1.165, 1.54) is 0 Å². The fourth-order valence-electron chi connectivity index (χ4n) is 1.48. The summed E-state index contributed by atoms with van der Waals surface area (Å²) in [7, 11) is 0. The molecule has 0 aliphatic carbocycles. The van der Waals surface area contributed by atoms with Crippen LogP contribution in [0.25, 0.3) is 0 Å². The third-order valence-electron chi connectivity index (χ3n) is 2.41. The number of aryl methyl sites for hydroxylation is 1. The third-order valence-corrected chi connectivity index (χ3v) is 3.01. The van der Waals surface area contributed by atoms with Crippen molar-refractivity contribution in [3.05, 3.63) is 52.1 Å². The highest BCUT2D eigenvalue weighted by atomic mass is 79.9. The molecule has 3 N–H and O–H groups in total. The number of amides is 1. The maximum absolute atomic E-state index is 10.9. The number of pyridine rings is 1. The maximum Gasteiger partial charge on any atom is 0.248 e. The van der Waals surface area contributed by atoms with Crippen LogP contribution in [-0.2, 0) is 0 Å². The van der Waals surface area contributed by atoms with Crippen LogP contribution in [0.2, 0.25) is 0 Å². The Morgan fingerprint density at radius 1 is 1.33 bits per heavy atom. The molecule has 2 aromatic rings. The predicted octanol–water partition coefficient (Wildman–Crippen LogP) is 3.00. The van der Waals surface area contributed by atoms with Gasteiger partial charge in [-0.25, -0.2) is 4.98 Å². The summed E-state index contributed by atoms with van der Waals surface area (Å²) in [6.45, 7) is 1.98. The second-order valence-corrected chi connectivity index (χ2v) is 4.76. The van der Waals surface area contributed by atoms with E-state index in [0.717, 1.165) is 21.5 Å². The van der Waals surface area contributed by atoms with E-state index < -0.39 is 5.91 Å². The topological polar surface area (TPSA) is 68.0 Å². The summed E-state index contributed by atoms with van der Waals surface area (Å²) in [5.74, 6) is 0.295. The molecular formula is C13H12BrN3O. The van der Waals surface area contributed by atoms with Crippen molar-refractivity contribution in [3.8, 4) is 0 Å². The van der Waals surface area contributed by atoms with Crippen molar-refractivity contribution in [2.45, 2.75) is 6.92 Å². The van der Waals surface area contributed by atoms with Crippen molar-refractivity contribution in [3.63, 3.8) is 0 Å². The zero-order chi connectivity index (χ0) is 13.1. The number of benzene rings is 1. The van der Waals surface area contributed by atoms with Gasteiger partial charge in [0.1, 0.15) is 5.82 Å². The van der Waals surface area contributed by atoms with Gasteiger partial charge in [-0.1, -0.05) is 0 Å². The van der Waals surface area contributed by atoms with Crippen LogP contribution in [0.15, 0.2) is 41.0 Å². The first kappa shape index (κ1) is 12.6. The van der Waals surface area contributed by atoms with E-state index in [1.54, 1.807) is 30.5 Å². The van der Waals surface area contributed by atoms with E-state index in [4.69, 9.17) is 5.73 Å². The van der Waals surface area contributed by atoms with Crippen LogP contribution in [0.1, 0.15) is 15.9 Å². The van der Waals surface area contributed by atoms with Crippen LogP contribution in [0, 0.1) is 6.92 Å². The van der Waals surface area contributed by atoms with Gasteiger partial charge in [-0.2, -0.15) is 0 Å². The monoisotopic (exact) mass is 305 g/mol. The van der Waals surface area contributed by atoms with Gasteiger partial charge in [0.05, 0.1) is 4.47 Å². The number of rotatable bonds is 3. The quantitative estimate of drug-likeness (QED) is 0.916. The lowest BCUT2D eigenvalue weighted by molar-refractivity contribution is 0.100. The molecule has 0 aliphatic rings. The molecule has 0 atom stereocenters. The second-order valence-electron chi connectivity index (χ2n) is 3.91. The van der Waals surface area contributed by atoms with Crippen molar-refractivity contribution >= 4 is 33.3 Å². The lowest BCUT2D eigenvalue weighted by Crippen LogP contribution is -2.10. The van der Waals surface area contributed by atoms with Gasteiger partial charge >= 0.3 is 0 Å². The van der Waals surface area contributed by atoms with Crippen molar-refractivity contribution in [2.75, 3.05) is 5.32 Å². The Morgan fingerprint density at radius 3 is 2.56 bits per heavy atom. The van der Waals surface area contributed by atoms with Crippen LogP contribution in [-0.4, -0.2) is 10.9 Å². The van der Waals surface area contributed by atoms with Gasteiger partial charge in [0.15, 0.2) is 0 Å². The molecule has 18 heavy (non-hydrogen) atoms. The number of nitrogens with one attached hydrogen (secondary N) is 1. The molecule has 0 unspecified atom stereocenters. The number of primary amides is 1. The summed E-state index contributed by atoms with van der Waals surface area (Å²) >= 11 is 3.44. The SMILES string of the molecule is Cc1cnc(Nc2ccc(C(N)=O)cc2)c(Br)c1. The van der Waals surface area contributed by atoms with Crippen LogP contribution >= 0.6 is 15.9 Å². The van der Waals surface area contributed by atoms with Gasteiger partial charge < -0.3 is 11.1 Å². The highest BCUT2D eigenvalue weighted by molar-refractivity contribution is 9.10. The zero-order valence-electron chi connectivity index (χ0n) is 9.77. The average Bonchev–Trinajstić information content (AvgIpc) is 2.33. The lowest BCUT2D eigenvalue weighted by Gasteiger charge is -2.08. The Kier molecular flexibility index (Phi) is 3.62. The van der Waals surface area contributed by atoms with E-state index in [2.05, 4.69) is 26.2 Å². The molecule has 0 bridgehead atoms. The highest BCUT2D eigenvalue weighted by Gasteiger charge is 2.03. The second kappa shape index (κ2) is 5.18. The van der Waals surface area contributed by atoms with Gasteiger partial charge in [0.2, 0.25) is 5.91 Å². The summed E-state index contributed by atoms with van der Waals surface area (Å²) in [5.41, 5.74) is 7.59. The standard InChI is InChI=1S/C13H12BrN3O/c1-8-6-11(14)13(16-7-8)17-10-4-2-9(3-5-10)12(15)18/h2-7H,1H3,(H2,15,18)(H,16,17). The minimum atomic E-state index is -0.434. The number of carbonyl (C=O) groups excluding carboxylic acids is 1. The zero-order valence-corrected chi connectivity index (χ0v) is 11.4. The summed E-state index contributed by atoms with van der Waals surface area (Å²) < 4.78 is 0.890. The molecule has 92 valence electrons. The van der Waals surface area contributed by atoms with Crippen molar-refractivity contribution < 1.29 is 4.79 Å². The Labute approximate surface area is 113 Å². The Bertz CT molecular complexity index is 581. The Morgan fingerprint density at radius 2 is 2.00 bits per heavy atom. The summed E-state index contributed by atoms with van der Waals surface area (Å²) in [6.07, 6.45) is 1.78. The molecule has 5 heteroatoms. The largest absolute Gasteiger partial charge is 0.366 e. The molecule has 1 heterocycles. The number of hydrogen-bond acceptors (Lipinski definition) is 3. The predicted molar refractivity (Wildman–Crippen MR) is 74.9 cm³/mol. The molecular weight excluding hydrogens is 294 g/mol. The number of aromatic nitrogens is 1. The number of nitrogens with zero attached hydrogens (tertiary/aromatic N) is 1. The van der Waals surface area contributed by atoms with Gasteiger partial charge in [-0.05, 0) is 58.7 Å². The van der Waals surface area contributed by atoms with Crippen molar-refractivity contribution in [1.82, 2.24) is 4.98 Å². The molecule has 0 spiro atoms. The fourth-order valence-corrected chi connectivity index (χ4v) is 2.04. The van der Waals surface area contributed by atoms with Gasteiger partial charge in [0.25, 0.3) is 0 Å². The Hall–Kier alpha value is -1.88. The number of hydrogen-bond donors (Lipinski definition) is 2. The highest BCUT2D eigenvalue weighted by Crippen LogP contribution is 2.24. The molecule has 0 fully saturated rings. The third kappa shape index (κ3) is 2.87. The normalized spacial score (nSPS) is 10.1. The number of anilines is 2. The van der Waals surface area contributed by atoms with E-state index in [9.17, 15) is 4.79 Å². The average molecular weight is 306 g/mol. The summed E-state index contributed by atoms with van der Waals surface area (Å²) in [5, 5.41) is 3.16. The molecule has 0 radical (unpaired) electrons. The minimum Gasteiger partial charge on any atom is -0.366 e.